The zero-order chi connectivity index (χ0) is 14.1. The Morgan fingerprint density at radius 1 is 1.10 bits per heavy atom. The SMILES string of the molecule is O=C(O)Cc1ccc(-n2[se]c3ccccc3c2=O)cc1. The first-order chi connectivity index (χ1) is 9.65. The molecule has 0 spiro atoms. The van der Waals surface area contributed by atoms with E-state index < -0.39 is 5.97 Å². The van der Waals surface area contributed by atoms with Crippen LogP contribution in [0.25, 0.3) is 15.3 Å². The minimum absolute atomic E-state index is 0.000402. The van der Waals surface area contributed by atoms with Gasteiger partial charge in [0.1, 0.15) is 0 Å². The minimum atomic E-state index is -0.855. The summed E-state index contributed by atoms with van der Waals surface area (Å²) in [5.41, 5.74) is 1.57. The topological polar surface area (TPSA) is 59.3 Å². The molecule has 0 saturated carbocycles. The number of hydrogen-bond acceptors (Lipinski definition) is 2. The van der Waals surface area contributed by atoms with Crippen LogP contribution in [0.3, 0.4) is 0 Å². The summed E-state index contributed by atoms with van der Waals surface area (Å²) < 4.78 is 2.85. The molecule has 20 heavy (non-hydrogen) atoms. The van der Waals surface area contributed by atoms with Gasteiger partial charge in [-0.25, -0.2) is 0 Å². The number of aliphatic carboxylic acids is 1. The first-order valence-electron chi connectivity index (χ1n) is 6.07. The number of carbonyl (C=O) groups is 1. The molecule has 3 rings (SSSR count). The van der Waals surface area contributed by atoms with Crippen LogP contribution in [0, 0.1) is 0 Å². The summed E-state index contributed by atoms with van der Waals surface area (Å²) in [5.74, 6) is -0.855. The molecule has 1 aromatic heterocycles. The van der Waals surface area contributed by atoms with Gasteiger partial charge in [-0.2, -0.15) is 0 Å². The molecule has 0 fully saturated rings. The Kier molecular flexibility index (Phi) is 3.30. The van der Waals surface area contributed by atoms with Gasteiger partial charge in [0.25, 0.3) is 0 Å². The number of benzene rings is 2. The van der Waals surface area contributed by atoms with E-state index in [1.807, 2.05) is 36.4 Å². The van der Waals surface area contributed by atoms with Crippen LogP contribution in [-0.2, 0) is 11.2 Å². The third-order valence-electron chi connectivity index (χ3n) is 3.02. The van der Waals surface area contributed by atoms with Crippen molar-refractivity contribution < 1.29 is 9.90 Å². The number of carboxylic acid groups (broad SMARTS) is 1. The van der Waals surface area contributed by atoms with Crippen LogP contribution in [0.5, 0.6) is 0 Å². The van der Waals surface area contributed by atoms with Crippen molar-refractivity contribution in [1.82, 2.24) is 3.56 Å². The van der Waals surface area contributed by atoms with Gasteiger partial charge in [-0.15, -0.1) is 0 Å². The van der Waals surface area contributed by atoms with Crippen molar-refractivity contribution in [1.29, 1.82) is 0 Å². The van der Waals surface area contributed by atoms with Crippen LogP contribution >= 0.6 is 0 Å². The van der Waals surface area contributed by atoms with Gasteiger partial charge in [0, 0.05) is 0 Å². The molecule has 1 N–H and O–H groups in total. The van der Waals surface area contributed by atoms with E-state index >= 15 is 0 Å². The Balaban J connectivity index is 2.05. The van der Waals surface area contributed by atoms with Crippen molar-refractivity contribution in [2.24, 2.45) is 0 Å². The van der Waals surface area contributed by atoms with Gasteiger partial charge >= 0.3 is 120 Å². The Morgan fingerprint density at radius 3 is 2.45 bits per heavy atom. The van der Waals surface area contributed by atoms with E-state index in [-0.39, 0.29) is 26.7 Å². The van der Waals surface area contributed by atoms with Crippen LogP contribution < -0.4 is 5.56 Å². The van der Waals surface area contributed by atoms with Gasteiger partial charge in [-0.3, -0.25) is 0 Å². The summed E-state index contributed by atoms with van der Waals surface area (Å²) in [4.78, 5) is 23.0. The molecule has 0 amide bonds. The fourth-order valence-corrected chi connectivity index (χ4v) is 4.16. The number of aromatic nitrogens is 1. The monoisotopic (exact) mass is 333 g/mol. The standard InChI is InChI=1S/C15H11NO3Se/c17-14(18)9-10-5-7-11(8-6-10)16-15(19)12-3-1-2-4-13(12)20-16/h1-8H,9H2,(H,17,18). The van der Waals surface area contributed by atoms with E-state index in [0.717, 1.165) is 20.9 Å². The van der Waals surface area contributed by atoms with E-state index in [9.17, 15) is 9.59 Å². The molecule has 1 heterocycles. The molecule has 2 aromatic carbocycles. The molecule has 0 unspecified atom stereocenters. The van der Waals surface area contributed by atoms with Crippen LogP contribution in [0.1, 0.15) is 5.56 Å². The van der Waals surface area contributed by atoms with Gasteiger partial charge in [0.05, 0.1) is 0 Å². The maximum atomic E-state index is 12.3. The van der Waals surface area contributed by atoms with Crippen LogP contribution in [0.15, 0.2) is 53.3 Å². The normalized spacial score (nSPS) is 10.8. The molecular weight excluding hydrogens is 321 g/mol. The number of nitrogens with zero attached hydrogens (tertiary/aromatic N) is 1. The second kappa shape index (κ2) is 5.12. The van der Waals surface area contributed by atoms with E-state index in [0.29, 0.717) is 0 Å². The van der Waals surface area contributed by atoms with Crippen molar-refractivity contribution in [2.75, 3.05) is 0 Å². The molecule has 100 valence electrons. The third-order valence-corrected chi connectivity index (χ3v) is 5.35. The summed E-state index contributed by atoms with van der Waals surface area (Å²) in [6.07, 6.45) is -0.000402. The molecule has 0 saturated heterocycles. The van der Waals surface area contributed by atoms with Crippen molar-refractivity contribution >= 4 is 30.3 Å². The fourth-order valence-electron chi connectivity index (χ4n) is 2.07. The first-order valence-corrected chi connectivity index (χ1v) is 7.69. The molecule has 0 bridgehead atoms. The van der Waals surface area contributed by atoms with Gasteiger partial charge in [-0.1, -0.05) is 0 Å². The molecule has 4 nitrogen and oxygen atoms in total. The molecule has 3 aromatic rings. The predicted octanol–water partition coefficient (Wildman–Crippen LogP) is 1.67. The molecular formula is C15H11NO3Se. The Labute approximate surface area is 120 Å². The molecule has 5 heteroatoms. The van der Waals surface area contributed by atoms with Gasteiger partial charge < -0.3 is 0 Å². The molecule has 0 radical (unpaired) electrons. The molecule has 0 aliphatic rings. The summed E-state index contributed by atoms with van der Waals surface area (Å²) in [6, 6.07) is 14.8. The van der Waals surface area contributed by atoms with Gasteiger partial charge in [0.2, 0.25) is 0 Å². The quantitative estimate of drug-likeness (QED) is 0.743. The average Bonchev–Trinajstić information content (AvgIpc) is 2.77. The zero-order valence-electron chi connectivity index (χ0n) is 10.4. The summed E-state index contributed by atoms with van der Waals surface area (Å²) in [6.45, 7) is 0. The third kappa shape index (κ3) is 2.33. The Hall–Kier alpha value is -2.10. The van der Waals surface area contributed by atoms with Crippen LogP contribution in [0.4, 0.5) is 0 Å². The zero-order valence-corrected chi connectivity index (χ0v) is 12.2. The van der Waals surface area contributed by atoms with Crippen LogP contribution in [0.2, 0.25) is 0 Å². The van der Waals surface area contributed by atoms with E-state index in [1.54, 1.807) is 15.7 Å². The molecule has 0 atom stereocenters. The second-order valence-corrected chi connectivity index (χ2v) is 6.50. The average molecular weight is 332 g/mol. The van der Waals surface area contributed by atoms with Crippen LogP contribution in [-0.4, -0.2) is 29.4 Å². The molecule has 0 aliphatic carbocycles. The number of carboxylic acids is 1. The number of fused-ring (bicyclic) bond motifs is 1. The number of hydrogen-bond donors (Lipinski definition) is 1. The van der Waals surface area contributed by atoms with Crippen molar-refractivity contribution in [3.63, 3.8) is 0 Å². The number of rotatable bonds is 3. The summed E-state index contributed by atoms with van der Waals surface area (Å²) in [5, 5.41) is 9.51. The van der Waals surface area contributed by atoms with E-state index in [1.165, 1.54) is 0 Å². The van der Waals surface area contributed by atoms with E-state index in [2.05, 4.69) is 0 Å². The maximum absolute atomic E-state index is 12.3. The van der Waals surface area contributed by atoms with Crippen molar-refractivity contribution in [2.45, 2.75) is 6.42 Å². The summed E-state index contributed by atoms with van der Waals surface area (Å²) in [7, 11) is 0. The fraction of sp³-hybridized carbons (Fsp3) is 0.0667. The first kappa shape index (κ1) is 12.9. The molecule has 0 aliphatic heterocycles. The van der Waals surface area contributed by atoms with Crippen molar-refractivity contribution in [3.05, 3.63) is 64.4 Å². The second-order valence-electron chi connectivity index (χ2n) is 4.42. The van der Waals surface area contributed by atoms with Gasteiger partial charge in [0.15, 0.2) is 0 Å². The Morgan fingerprint density at radius 2 is 1.80 bits per heavy atom. The van der Waals surface area contributed by atoms with Gasteiger partial charge in [-0.05, 0) is 0 Å². The van der Waals surface area contributed by atoms with E-state index in [4.69, 9.17) is 5.11 Å². The predicted molar refractivity (Wildman–Crippen MR) is 77.8 cm³/mol. The van der Waals surface area contributed by atoms with Crippen molar-refractivity contribution in [3.8, 4) is 5.69 Å². The summed E-state index contributed by atoms with van der Waals surface area (Å²) >= 11 is -0.0536. The Bertz CT molecular complexity index is 830.